The van der Waals surface area contributed by atoms with Crippen molar-refractivity contribution in [2.24, 2.45) is 11.8 Å². The van der Waals surface area contributed by atoms with Gasteiger partial charge in [-0.25, -0.2) is 8.42 Å². The lowest BCUT2D eigenvalue weighted by molar-refractivity contribution is 0.0665. The molecule has 0 aromatic carbocycles. The zero-order valence-electron chi connectivity index (χ0n) is 10.5. The Morgan fingerprint density at radius 2 is 2.00 bits per heavy atom. The summed E-state index contributed by atoms with van der Waals surface area (Å²) in [7, 11) is -2.91. The highest BCUT2D eigenvalue weighted by molar-refractivity contribution is 7.91. The molecule has 1 N–H and O–H groups in total. The first kappa shape index (κ1) is 14.0. The fourth-order valence-corrected chi connectivity index (χ4v) is 3.93. The van der Waals surface area contributed by atoms with E-state index >= 15 is 0 Å². The highest BCUT2D eigenvalue weighted by Crippen LogP contribution is 2.35. The van der Waals surface area contributed by atoms with E-state index in [1.807, 2.05) is 13.8 Å². The molecular weight excluding hydrogens is 224 g/mol. The van der Waals surface area contributed by atoms with Gasteiger partial charge < -0.3 is 5.11 Å². The molecule has 3 nitrogen and oxygen atoms in total. The summed E-state index contributed by atoms with van der Waals surface area (Å²) >= 11 is 0. The average Bonchev–Trinajstić information content (AvgIpc) is 2.26. The molecule has 0 saturated heterocycles. The Balaban J connectivity index is 2.64. The molecule has 0 aliphatic heterocycles. The molecule has 1 fully saturated rings. The van der Waals surface area contributed by atoms with Crippen LogP contribution in [0.5, 0.6) is 0 Å². The lowest BCUT2D eigenvalue weighted by atomic mass is 9.78. The molecule has 0 bridgehead atoms. The molecule has 1 aliphatic rings. The van der Waals surface area contributed by atoms with Crippen molar-refractivity contribution in [2.45, 2.75) is 57.3 Å². The van der Waals surface area contributed by atoms with Crippen LogP contribution in [0.1, 0.15) is 46.0 Å². The fourth-order valence-electron chi connectivity index (χ4n) is 2.73. The van der Waals surface area contributed by atoms with Crippen LogP contribution in [-0.2, 0) is 9.84 Å². The van der Waals surface area contributed by atoms with Crippen molar-refractivity contribution in [3.05, 3.63) is 0 Å². The molecular formula is C12H24O3S. The molecule has 0 amide bonds. The maximum Gasteiger partial charge on any atom is 0.150 e. The van der Waals surface area contributed by atoms with Crippen LogP contribution in [0, 0.1) is 11.8 Å². The Bertz CT molecular complexity index is 310. The lowest BCUT2D eigenvalue weighted by Crippen LogP contribution is -2.34. The van der Waals surface area contributed by atoms with Crippen LogP contribution in [0.3, 0.4) is 0 Å². The summed E-state index contributed by atoms with van der Waals surface area (Å²) in [5.74, 6) is 0.581. The zero-order chi connectivity index (χ0) is 12.3. The molecule has 0 aromatic rings. The number of rotatable bonds is 4. The number of sulfone groups is 1. The summed E-state index contributed by atoms with van der Waals surface area (Å²) in [5, 5.41) is 9.64. The van der Waals surface area contributed by atoms with Gasteiger partial charge in [0, 0.05) is 6.26 Å². The Morgan fingerprint density at radius 3 is 2.50 bits per heavy atom. The SMILES string of the molecule is CCC(O)C(C)C1CCCC(S(C)(=O)=O)C1. The molecule has 0 aromatic heterocycles. The topological polar surface area (TPSA) is 54.4 Å². The Hall–Kier alpha value is -0.0900. The van der Waals surface area contributed by atoms with E-state index in [0.717, 1.165) is 32.1 Å². The maximum absolute atomic E-state index is 11.5. The van der Waals surface area contributed by atoms with Crippen molar-refractivity contribution in [3.63, 3.8) is 0 Å². The molecule has 1 rings (SSSR count). The molecule has 4 atom stereocenters. The van der Waals surface area contributed by atoms with Gasteiger partial charge in [-0.3, -0.25) is 0 Å². The second-order valence-corrected chi connectivity index (χ2v) is 7.54. The van der Waals surface area contributed by atoms with Gasteiger partial charge in [-0.15, -0.1) is 0 Å². The van der Waals surface area contributed by atoms with Crippen molar-refractivity contribution in [3.8, 4) is 0 Å². The highest BCUT2D eigenvalue weighted by Gasteiger charge is 2.33. The first-order chi connectivity index (χ1) is 7.36. The maximum atomic E-state index is 11.5. The minimum Gasteiger partial charge on any atom is -0.393 e. The van der Waals surface area contributed by atoms with Gasteiger partial charge in [0.1, 0.15) is 9.84 Å². The molecule has 1 aliphatic carbocycles. The smallest absolute Gasteiger partial charge is 0.150 e. The Labute approximate surface area is 99.2 Å². The summed E-state index contributed by atoms with van der Waals surface area (Å²) < 4.78 is 23.1. The minimum atomic E-state index is -2.91. The third-order valence-electron chi connectivity index (χ3n) is 4.04. The standard InChI is InChI=1S/C12H24O3S/c1-4-12(13)9(2)10-6-5-7-11(8-10)16(3,14)15/h9-13H,4-8H2,1-3H3. The molecule has 0 heterocycles. The summed E-state index contributed by atoms with van der Waals surface area (Å²) in [4.78, 5) is 0. The van der Waals surface area contributed by atoms with Crippen LogP contribution in [0.15, 0.2) is 0 Å². The first-order valence-corrected chi connectivity index (χ1v) is 8.18. The fraction of sp³-hybridized carbons (Fsp3) is 1.00. The van der Waals surface area contributed by atoms with Crippen molar-refractivity contribution >= 4 is 9.84 Å². The van der Waals surface area contributed by atoms with Crippen molar-refractivity contribution in [1.29, 1.82) is 0 Å². The predicted octanol–water partition coefficient (Wildman–Crippen LogP) is 2.00. The first-order valence-electron chi connectivity index (χ1n) is 6.23. The van der Waals surface area contributed by atoms with Gasteiger partial charge >= 0.3 is 0 Å². The minimum absolute atomic E-state index is 0.183. The van der Waals surface area contributed by atoms with Crippen LogP contribution < -0.4 is 0 Å². The zero-order valence-corrected chi connectivity index (χ0v) is 11.3. The van der Waals surface area contributed by atoms with Crippen molar-refractivity contribution in [1.82, 2.24) is 0 Å². The molecule has 0 spiro atoms. The average molecular weight is 248 g/mol. The quantitative estimate of drug-likeness (QED) is 0.828. The lowest BCUT2D eigenvalue weighted by Gasteiger charge is -2.34. The molecule has 96 valence electrons. The number of hydrogen-bond donors (Lipinski definition) is 1. The highest BCUT2D eigenvalue weighted by atomic mass is 32.2. The van der Waals surface area contributed by atoms with Crippen LogP contribution in [0.2, 0.25) is 0 Å². The number of hydrogen-bond acceptors (Lipinski definition) is 3. The molecule has 0 radical (unpaired) electrons. The van der Waals surface area contributed by atoms with Crippen LogP contribution in [-0.4, -0.2) is 31.1 Å². The monoisotopic (exact) mass is 248 g/mol. The third kappa shape index (κ3) is 3.45. The van der Waals surface area contributed by atoms with E-state index in [2.05, 4.69) is 0 Å². The van der Waals surface area contributed by atoms with Gasteiger partial charge in [0.15, 0.2) is 0 Å². The molecule has 16 heavy (non-hydrogen) atoms. The van der Waals surface area contributed by atoms with Gasteiger partial charge in [0.05, 0.1) is 11.4 Å². The van der Waals surface area contributed by atoms with Crippen molar-refractivity contribution in [2.75, 3.05) is 6.26 Å². The van der Waals surface area contributed by atoms with Gasteiger partial charge in [-0.2, -0.15) is 0 Å². The second-order valence-electron chi connectivity index (χ2n) is 5.21. The number of aliphatic hydroxyl groups excluding tert-OH is 1. The van der Waals surface area contributed by atoms with Gasteiger partial charge in [-0.05, 0) is 31.1 Å². The van der Waals surface area contributed by atoms with E-state index in [0.29, 0.717) is 5.92 Å². The van der Waals surface area contributed by atoms with Crippen LogP contribution >= 0.6 is 0 Å². The van der Waals surface area contributed by atoms with Crippen LogP contribution in [0.25, 0.3) is 0 Å². The van der Waals surface area contributed by atoms with Gasteiger partial charge in [-0.1, -0.05) is 26.7 Å². The van der Waals surface area contributed by atoms with Crippen molar-refractivity contribution < 1.29 is 13.5 Å². The van der Waals surface area contributed by atoms with E-state index < -0.39 is 9.84 Å². The van der Waals surface area contributed by atoms with E-state index in [9.17, 15) is 13.5 Å². The van der Waals surface area contributed by atoms with Gasteiger partial charge in [0.25, 0.3) is 0 Å². The van der Waals surface area contributed by atoms with E-state index in [1.165, 1.54) is 6.26 Å². The molecule has 1 saturated carbocycles. The summed E-state index contributed by atoms with van der Waals surface area (Å²) in [6.45, 7) is 4.02. The second kappa shape index (κ2) is 5.50. The summed E-state index contributed by atoms with van der Waals surface area (Å²) in [5.41, 5.74) is 0. The Kier molecular flexibility index (Phi) is 4.80. The van der Waals surface area contributed by atoms with Crippen LogP contribution in [0.4, 0.5) is 0 Å². The predicted molar refractivity (Wildman–Crippen MR) is 66.1 cm³/mol. The van der Waals surface area contributed by atoms with Gasteiger partial charge in [0.2, 0.25) is 0 Å². The summed E-state index contributed by atoms with van der Waals surface area (Å²) in [6, 6.07) is 0. The molecule has 4 unspecified atom stereocenters. The van der Waals surface area contributed by atoms with E-state index in [1.54, 1.807) is 0 Å². The third-order valence-corrected chi connectivity index (χ3v) is 5.68. The van der Waals surface area contributed by atoms with E-state index in [4.69, 9.17) is 0 Å². The number of aliphatic hydroxyl groups is 1. The van der Waals surface area contributed by atoms with E-state index in [-0.39, 0.29) is 17.3 Å². The largest absolute Gasteiger partial charge is 0.393 e. The normalized spacial score (nSPS) is 31.0. The Morgan fingerprint density at radius 1 is 1.38 bits per heavy atom. The summed E-state index contributed by atoms with van der Waals surface area (Å²) in [6.07, 6.45) is 5.36. The molecule has 4 heteroatoms.